The second-order valence-corrected chi connectivity index (χ2v) is 6.88. The van der Waals surface area contributed by atoms with E-state index in [0.29, 0.717) is 12.8 Å². The van der Waals surface area contributed by atoms with Gasteiger partial charge in [0.1, 0.15) is 17.8 Å². The number of hydrogen-bond donors (Lipinski definition) is 2. The van der Waals surface area contributed by atoms with Crippen LogP contribution in [0.1, 0.15) is 39.2 Å². The number of urea groups is 1. The molecule has 0 spiro atoms. The van der Waals surface area contributed by atoms with Gasteiger partial charge >= 0.3 is 6.03 Å². The van der Waals surface area contributed by atoms with Crippen LogP contribution in [0, 0.1) is 0 Å². The Morgan fingerprint density at radius 3 is 2.54 bits per heavy atom. The van der Waals surface area contributed by atoms with Crippen LogP contribution in [0.4, 0.5) is 4.79 Å². The van der Waals surface area contributed by atoms with Gasteiger partial charge in [0, 0.05) is 6.04 Å². The molecule has 4 amide bonds. The largest absolute Gasteiger partial charge is 0.497 e. The molecule has 0 radical (unpaired) electrons. The van der Waals surface area contributed by atoms with Gasteiger partial charge in [-0.05, 0) is 50.8 Å². The molecule has 1 aromatic carbocycles. The van der Waals surface area contributed by atoms with E-state index >= 15 is 0 Å². The normalized spacial score (nSPS) is 20.7. The quantitative estimate of drug-likeness (QED) is 0.692. The van der Waals surface area contributed by atoms with Crippen LogP contribution < -0.4 is 15.4 Å². The van der Waals surface area contributed by atoms with Gasteiger partial charge in [-0.1, -0.05) is 19.1 Å². The van der Waals surface area contributed by atoms with Gasteiger partial charge in [0.25, 0.3) is 5.91 Å². The lowest BCUT2D eigenvalue weighted by Crippen LogP contribution is -2.46. The van der Waals surface area contributed by atoms with Gasteiger partial charge in [0.05, 0.1) is 7.11 Å². The van der Waals surface area contributed by atoms with Crippen LogP contribution in [-0.2, 0) is 16.0 Å². The lowest BCUT2D eigenvalue weighted by Gasteiger charge is -2.22. The molecule has 7 heteroatoms. The van der Waals surface area contributed by atoms with Crippen LogP contribution in [0.25, 0.3) is 0 Å². The van der Waals surface area contributed by atoms with Crippen molar-refractivity contribution in [1.29, 1.82) is 0 Å². The first-order chi connectivity index (χ1) is 12.3. The van der Waals surface area contributed by atoms with Crippen molar-refractivity contribution >= 4 is 17.8 Å². The highest BCUT2D eigenvalue weighted by Crippen LogP contribution is 2.24. The third-order valence-corrected chi connectivity index (χ3v) is 4.74. The molecular formula is C19H27N3O4. The summed E-state index contributed by atoms with van der Waals surface area (Å²) in [6.45, 7) is 5.27. The van der Waals surface area contributed by atoms with E-state index in [1.807, 2.05) is 38.1 Å². The smallest absolute Gasteiger partial charge is 0.325 e. The summed E-state index contributed by atoms with van der Waals surface area (Å²) in [7, 11) is 1.61. The summed E-state index contributed by atoms with van der Waals surface area (Å²) in [6.07, 6.45) is 1.86. The SMILES string of the molecule is CC[C@H](C)NC(=O)CN1C(=O)N[C@](C)(CCc2ccc(OC)cc2)C1=O. The fourth-order valence-corrected chi connectivity index (χ4v) is 2.81. The highest BCUT2D eigenvalue weighted by molar-refractivity contribution is 6.08. The summed E-state index contributed by atoms with van der Waals surface area (Å²) in [5.41, 5.74) is 0.0373. The highest BCUT2D eigenvalue weighted by Gasteiger charge is 2.47. The Balaban J connectivity index is 1.97. The molecule has 2 rings (SSSR count). The van der Waals surface area contributed by atoms with Crippen molar-refractivity contribution in [3.8, 4) is 5.75 Å². The van der Waals surface area contributed by atoms with Crippen molar-refractivity contribution in [3.63, 3.8) is 0 Å². The van der Waals surface area contributed by atoms with E-state index < -0.39 is 11.6 Å². The van der Waals surface area contributed by atoms with E-state index in [1.54, 1.807) is 14.0 Å². The lowest BCUT2D eigenvalue weighted by molar-refractivity contribution is -0.134. The van der Waals surface area contributed by atoms with Gasteiger partial charge in [-0.15, -0.1) is 0 Å². The fraction of sp³-hybridized carbons (Fsp3) is 0.526. The first-order valence-electron chi connectivity index (χ1n) is 8.85. The topological polar surface area (TPSA) is 87.7 Å². The monoisotopic (exact) mass is 361 g/mol. The average molecular weight is 361 g/mol. The zero-order valence-electron chi connectivity index (χ0n) is 15.8. The van der Waals surface area contributed by atoms with E-state index in [9.17, 15) is 14.4 Å². The predicted octanol–water partition coefficient (Wildman–Crippen LogP) is 1.85. The number of aryl methyl sites for hydroxylation is 1. The number of hydrogen-bond acceptors (Lipinski definition) is 4. The van der Waals surface area contributed by atoms with Gasteiger partial charge in [-0.2, -0.15) is 0 Å². The number of rotatable bonds is 8. The first kappa shape index (κ1) is 19.8. The van der Waals surface area contributed by atoms with Crippen molar-refractivity contribution in [3.05, 3.63) is 29.8 Å². The molecule has 7 nitrogen and oxygen atoms in total. The molecular weight excluding hydrogens is 334 g/mol. The van der Waals surface area contributed by atoms with E-state index in [1.165, 1.54) is 0 Å². The maximum atomic E-state index is 12.7. The molecule has 0 aromatic heterocycles. The molecule has 142 valence electrons. The molecule has 1 saturated heterocycles. The zero-order chi connectivity index (χ0) is 19.3. The molecule has 0 unspecified atom stereocenters. The second-order valence-electron chi connectivity index (χ2n) is 6.88. The maximum Gasteiger partial charge on any atom is 0.325 e. The van der Waals surface area contributed by atoms with Crippen LogP contribution in [0.2, 0.25) is 0 Å². The van der Waals surface area contributed by atoms with Gasteiger partial charge in [0.15, 0.2) is 0 Å². The van der Waals surface area contributed by atoms with Gasteiger partial charge in [-0.25, -0.2) is 4.79 Å². The van der Waals surface area contributed by atoms with E-state index in [4.69, 9.17) is 4.74 Å². The van der Waals surface area contributed by atoms with Crippen molar-refractivity contribution in [2.24, 2.45) is 0 Å². The summed E-state index contributed by atoms with van der Waals surface area (Å²) in [6, 6.07) is 7.06. The molecule has 2 atom stereocenters. The number of nitrogens with one attached hydrogen (secondary N) is 2. The number of carbonyl (C=O) groups is 3. The minimum Gasteiger partial charge on any atom is -0.497 e. The number of amides is 4. The van der Waals surface area contributed by atoms with E-state index in [-0.39, 0.29) is 24.4 Å². The Labute approximate surface area is 154 Å². The number of benzene rings is 1. The van der Waals surface area contributed by atoms with Crippen LogP contribution in [0.5, 0.6) is 5.75 Å². The summed E-state index contributed by atoms with van der Waals surface area (Å²) in [4.78, 5) is 37.9. The molecule has 0 bridgehead atoms. The minimum absolute atomic E-state index is 0.00437. The molecule has 1 heterocycles. The van der Waals surface area contributed by atoms with Gasteiger partial charge in [-0.3, -0.25) is 14.5 Å². The average Bonchev–Trinajstić information content (AvgIpc) is 2.83. The van der Waals surface area contributed by atoms with Crippen molar-refractivity contribution < 1.29 is 19.1 Å². The Morgan fingerprint density at radius 1 is 1.31 bits per heavy atom. The molecule has 26 heavy (non-hydrogen) atoms. The Kier molecular flexibility index (Phi) is 6.23. The number of ether oxygens (including phenoxy) is 1. The molecule has 0 aliphatic carbocycles. The molecule has 1 aliphatic rings. The molecule has 1 aromatic rings. The van der Waals surface area contributed by atoms with Crippen molar-refractivity contribution in [2.75, 3.05) is 13.7 Å². The third-order valence-electron chi connectivity index (χ3n) is 4.74. The zero-order valence-corrected chi connectivity index (χ0v) is 15.8. The molecule has 2 N–H and O–H groups in total. The van der Waals surface area contributed by atoms with E-state index in [2.05, 4.69) is 10.6 Å². The van der Waals surface area contributed by atoms with Crippen LogP contribution in [0.15, 0.2) is 24.3 Å². The van der Waals surface area contributed by atoms with Crippen LogP contribution >= 0.6 is 0 Å². The Hall–Kier alpha value is -2.57. The number of imide groups is 1. The minimum atomic E-state index is -1.01. The lowest BCUT2D eigenvalue weighted by atomic mass is 9.93. The molecule has 1 aliphatic heterocycles. The second kappa shape index (κ2) is 8.21. The van der Waals surface area contributed by atoms with E-state index in [0.717, 1.165) is 22.6 Å². The summed E-state index contributed by atoms with van der Waals surface area (Å²) in [5, 5.41) is 5.50. The third kappa shape index (κ3) is 4.53. The fourth-order valence-electron chi connectivity index (χ4n) is 2.81. The van der Waals surface area contributed by atoms with Crippen LogP contribution in [-0.4, -0.2) is 48.0 Å². The van der Waals surface area contributed by atoms with Gasteiger partial charge in [0.2, 0.25) is 5.91 Å². The summed E-state index contributed by atoms with van der Waals surface area (Å²) < 4.78 is 5.13. The van der Waals surface area contributed by atoms with Gasteiger partial charge < -0.3 is 15.4 Å². The molecule has 1 fully saturated rings. The Bertz CT molecular complexity index is 674. The summed E-state index contributed by atoms with van der Waals surface area (Å²) >= 11 is 0. The van der Waals surface area contributed by atoms with Crippen molar-refractivity contribution in [2.45, 2.75) is 51.6 Å². The van der Waals surface area contributed by atoms with Crippen molar-refractivity contribution in [1.82, 2.24) is 15.5 Å². The first-order valence-corrected chi connectivity index (χ1v) is 8.85. The Morgan fingerprint density at radius 2 is 1.96 bits per heavy atom. The molecule has 0 saturated carbocycles. The number of nitrogens with zero attached hydrogens (tertiary/aromatic N) is 1. The highest BCUT2D eigenvalue weighted by atomic mass is 16.5. The van der Waals surface area contributed by atoms with Crippen LogP contribution in [0.3, 0.4) is 0 Å². The summed E-state index contributed by atoms with van der Waals surface area (Å²) in [5.74, 6) is 0.0706. The predicted molar refractivity (Wildman–Crippen MR) is 97.9 cm³/mol. The number of methoxy groups -OCH3 is 1. The maximum absolute atomic E-state index is 12.7. The standard InChI is InChI=1S/C19H27N3O4/c1-5-13(2)20-16(23)12-22-17(24)19(3,21-18(22)25)11-10-14-6-8-15(26-4)9-7-14/h6-9,13H,5,10-12H2,1-4H3,(H,20,23)(H,21,25)/t13-,19+/m0/s1. The number of carbonyl (C=O) groups excluding carboxylic acids is 3.